The molecular weight excluding hydrogens is 467 g/mol. The Labute approximate surface area is 182 Å². The first kappa shape index (κ1) is 21.7. The van der Waals surface area contributed by atoms with E-state index in [0.717, 1.165) is 22.6 Å². The first-order valence-corrected chi connectivity index (χ1v) is 8.77. The van der Waals surface area contributed by atoms with Gasteiger partial charge in [-0.1, -0.05) is 29.8 Å². The van der Waals surface area contributed by atoms with Gasteiger partial charge in [-0.3, -0.25) is 4.99 Å². The minimum atomic E-state index is 0. The normalized spacial score (nSPS) is 10.9. The summed E-state index contributed by atoms with van der Waals surface area (Å²) in [6, 6.07) is 16.0. The SMILES string of the molecule is CN=C(NCc1ccc(OC)cc1)NCc1coc(-c2ccc(C)cc2)n1.I. The minimum Gasteiger partial charge on any atom is -0.497 e. The van der Waals surface area contributed by atoms with E-state index in [-0.39, 0.29) is 24.0 Å². The summed E-state index contributed by atoms with van der Waals surface area (Å²) in [7, 11) is 3.40. The number of hydrogen-bond acceptors (Lipinski definition) is 4. The number of aromatic nitrogens is 1. The van der Waals surface area contributed by atoms with Crippen molar-refractivity contribution >= 4 is 29.9 Å². The summed E-state index contributed by atoms with van der Waals surface area (Å²) in [5.74, 6) is 2.16. The second kappa shape index (κ2) is 10.7. The monoisotopic (exact) mass is 492 g/mol. The van der Waals surface area contributed by atoms with Gasteiger partial charge in [0.1, 0.15) is 12.0 Å². The number of hydrogen-bond donors (Lipinski definition) is 2. The Morgan fingerprint density at radius 2 is 1.71 bits per heavy atom. The number of benzene rings is 2. The van der Waals surface area contributed by atoms with Gasteiger partial charge in [-0.05, 0) is 36.8 Å². The fourth-order valence-corrected chi connectivity index (χ4v) is 2.54. The Morgan fingerprint density at radius 1 is 1.04 bits per heavy atom. The highest BCUT2D eigenvalue weighted by Gasteiger charge is 2.07. The topological polar surface area (TPSA) is 71.7 Å². The highest BCUT2D eigenvalue weighted by Crippen LogP contribution is 2.19. The molecule has 0 saturated carbocycles. The average Bonchev–Trinajstić information content (AvgIpc) is 3.18. The number of oxazole rings is 1. The molecule has 0 aliphatic rings. The van der Waals surface area contributed by atoms with Crippen LogP contribution in [-0.4, -0.2) is 25.1 Å². The number of halogens is 1. The molecule has 0 radical (unpaired) electrons. The van der Waals surface area contributed by atoms with E-state index in [2.05, 4.69) is 27.5 Å². The molecule has 6 nitrogen and oxygen atoms in total. The molecule has 0 amide bonds. The second-order valence-electron chi connectivity index (χ2n) is 6.14. The van der Waals surface area contributed by atoms with Gasteiger partial charge in [0.05, 0.1) is 19.3 Å². The van der Waals surface area contributed by atoms with E-state index in [0.29, 0.717) is 24.9 Å². The number of aryl methyl sites for hydroxylation is 1. The molecule has 7 heteroatoms. The molecule has 3 aromatic rings. The number of nitrogens with zero attached hydrogens (tertiary/aromatic N) is 2. The number of guanidine groups is 1. The average molecular weight is 492 g/mol. The van der Waals surface area contributed by atoms with Gasteiger partial charge in [0, 0.05) is 19.2 Å². The maximum absolute atomic E-state index is 5.58. The Balaban J connectivity index is 0.00000280. The molecule has 148 valence electrons. The van der Waals surface area contributed by atoms with E-state index in [1.807, 2.05) is 48.5 Å². The van der Waals surface area contributed by atoms with Crippen LogP contribution in [0.4, 0.5) is 0 Å². The second-order valence-corrected chi connectivity index (χ2v) is 6.14. The Hall–Kier alpha value is -2.55. The minimum absolute atomic E-state index is 0. The highest BCUT2D eigenvalue weighted by molar-refractivity contribution is 14.0. The van der Waals surface area contributed by atoms with Crippen molar-refractivity contribution in [2.45, 2.75) is 20.0 Å². The number of rotatable bonds is 6. The van der Waals surface area contributed by atoms with Gasteiger partial charge in [-0.2, -0.15) is 0 Å². The summed E-state index contributed by atoms with van der Waals surface area (Å²) in [4.78, 5) is 8.77. The van der Waals surface area contributed by atoms with E-state index < -0.39 is 0 Å². The van der Waals surface area contributed by atoms with Crippen LogP contribution >= 0.6 is 24.0 Å². The molecule has 1 aromatic heterocycles. The highest BCUT2D eigenvalue weighted by atomic mass is 127. The van der Waals surface area contributed by atoms with Crippen LogP contribution < -0.4 is 15.4 Å². The van der Waals surface area contributed by atoms with Crippen molar-refractivity contribution in [3.8, 4) is 17.2 Å². The molecule has 0 bridgehead atoms. The standard InChI is InChI=1S/C21H24N4O2.HI/c1-15-4-8-17(9-5-15)20-25-18(14-27-20)13-24-21(22-2)23-12-16-6-10-19(26-3)11-7-16;/h4-11,14H,12-13H2,1-3H3,(H2,22,23,24);1H. The van der Waals surface area contributed by atoms with Crippen LogP contribution in [0.3, 0.4) is 0 Å². The zero-order valence-corrected chi connectivity index (χ0v) is 18.6. The van der Waals surface area contributed by atoms with Crippen molar-refractivity contribution < 1.29 is 9.15 Å². The van der Waals surface area contributed by atoms with Gasteiger partial charge >= 0.3 is 0 Å². The Bertz CT molecular complexity index is 890. The van der Waals surface area contributed by atoms with Crippen LogP contribution in [0.2, 0.25) is 0 Å². The molecule has 0 aliphatic carbocycles. The van der Waals surface area contributed by atoms with Gasteiger partial charge in [0.15, 0.2) is 5.96 Å². The van der Waals surface area contributed by atoms with Crippen LogP contribution in [0.5, 0.6) is 5.75 Å². The molecule has 0 saturated heterocycles. The lowest BCUT2D eigenvalue weighted by atomic mass is 10.1. The summed E-state index contributed by atoms with van der Waals surface area (Å²) in [6.45, 7) is 3.24. The molecule has 28 heavy (non-hydrogen) atoms. The van der Waals surface area contributed by atoms with Crippen molar-refractivity contribution in [3.05, 3.63) is 71.6 Å². The maximum atomic E-state index is 5.58. The fraction of sp³-hybridized carbons (Fsp3) is 0.238. The predicted molar refractivity (Wildman–Crippen MR) is 122 cm³/mol. The van der Waals surface area contributed by atoms with Gasteiger partial charge in [0.2, 0.25) is 5.89 Å². The molecule has 0 spiro atoms. The summed E-state index contributed by atoms with van der Waals surface area (Å²) in [5, 5.41) is 6.52. The van der Waals surface area contributed by atoms with Crippen LogP contribution in [0.25, 0.3) is 11.5 Å². The van der Waals surface area contributed by atoms with E-state index >= 15 is 0 Å². The zero-order valence-electron chi connectivity index (χ0n) is 16.2. The first-order chi connectivity index (χ1) is 13.2. The fourth-order valence-electron chi connectivity index (χ4n) is 2.54. The summed E-state index contributed by atoms with van der Waals surface area (Å²) >= 11 is 0. The van der Waals surface area contributed by atoms with Crippen molar-refractivity contribution in [3.63, 3.8) is 0 Å². The van der Waals surface area contributed by atoms with Gasteiger partial charge in [-0.25, -0.2) is 4.98 Å². The predicted octanol–water partition coefficient (Wildman–Crippen LogP) is 4.14. The third kappa shape index (κ3) is 5.98. The number of methoxy groups -OCH3 is 1. The number of aliphatic imine (C=N–C) groups is 1. The largest absolute Gasteiger partial charge is 0.497 e. The Kier molecular flexibility index (Phi) is 8.31. The first-order valence-electron chi connectivity index (χ1n) is 8.77. The number of nitrogens with one attached hydrogen (secondary N) is 2. The molecule has 2 N–H and O–H groups in total. The third-order valence-electron chi connectivity index (χ3n) is 4.13. The molecule has 1 heterocycles. The molecule has 0 aliphatic heterocycles. The maximum Gasteiger partial charge on any atom is 0.226 e. The van der Waals surface area contributed by atoms with Crippen molar-refractivity contribution in [1.82, 2.24) is 15.6 Å². The summed E-state index contributed by atoms with van der Waals surface area (Å²) < 4.78 is 10.8. The summed E-state index contributed by atoms with van der Waals surface area (Å²) in [5.41, 5.74) is 4.13. The molecule has 2 aromatic carbocycles. The van der Waals surface area contributed by atoms with Gasteiger partial charge in [-0.15, -0.1) is 24.0 Å². The van der Waals surface area contributed by atoms with Crippen LogP contribution in [0.15, 0.2) is 64.2 Å². The third-order valence-corrected chi connectivity index (χ3v) is 4.13. The lowest BCUT2D eigenvalue weighted by molar-refractivity contribution is 0.414. The molecule has 0 atom stereocenters. The van der Waals surface area contributed by atoms with Crippen LogP contribution in [0.1, 0.15) is 16.8 Å². The van der Waals surface area contributed by atoms with Crippen molar-refractivity contribution in [2.75, 3.05) is 14.2 Å². The smallest absolute Gasteiger partial charge is 0.226 e. The van der Waals surface area contributed by atoms with Crippen LogP contribution in [-0.2, 0) is 13.1 Å². The van der Waals surface area contributed by atoms with E-state index in [9.17, 15) is 0 Å². The molecule has 3 rings (SSSR count). The van der Waals surface area contributed by atoms with Gasteiger partial charge < -0.3 is 19.8 Å². The summed E-state index contributed by atoms with van der Waals surface area (Å²) in [6.07, 6.45) is 1.67. The van der Waals surface area contributed by atoms with Crippen molar-refractivity contribution in [1.29, 1.82) is 0 Å². The molecule has 0 fully saturated rings. The lowest BCUT2D eigenvalue weighted by Crippen LogP contribution is -2.36. The number of ether oxygens (including phenoxy) is 1. The van der Waals surface area contributed by atoms with E-state index in [1.165, 1.54) is 5.56 Å². The zero-order chi connectivity index (χ0) is 19.1. The molecule has 0 unspecified atom stereocenters. The van der Waals surface area contributed by atoms with E-state index in [1.54, 1.807) is 20.4 Å². The van der Waals surface area contributed by atoms with Gasteiger partial charge in [0.25, 0.3) is 0 Å². The Morgan fingerprint density at radius 3 is 2.36 bits per heavy atom. The van der Waals surface area contributed by atoms with Crippen molar-refractivity contribution in [2.24, 2.45) is 4.99 Å². The lowest BCUT2D eigenvalue weighted by Gasteiger charge is -2.11. The quantitative estimate of drug-likeness (QED) is 0.308. The van der Waals surface area contributed by atoms with E-state index in [4.69, 9.17) is 9.15 Å². The molecular formula is C21H25IN4O2. The van der Waals surface area contributed by atoms with Crippen LogP contribution in [0, 0.1) is 6.92 Å².